The third-order valence-corrected chi connectivity index (χ3v) is 2.96. The summed E-state index contributed by atoms with van der Waals surface area (Å²) in [6.45, 7) is 2.21. The number of halogens is 2. The first kappa shape index (κ1) is 13.2. The molecule has 0 spiro atoms. The number of hydrogen-bond donors (Lipinski definition) is 0. The molecule has 0 fully saturated rings. The van der Waals surface area contributed by atoms with E-state index in [-0.39, 0.29) is 12.4 Å². The van der Waals surface area contributed by atoms with Gasteiger partial charge in [0.1, 0.15) is 0 Å². The van der Waals surface area contributed by atoms with Crippen molar-refractivity contribution in [2.24, 2.45) is 0 Å². The molecule has 0 aromatic carbocycles. The highest BCUT2D eigenvalue weighted by molar-refractivity contribution is 7.09. The van der Waals surface area contributed by atoms with Crippen molar-refractivity contribution in [3.8, 4) is 0 Å². The number of unbranched alkanes of at least 4 members (excludes halogenated alkanes) is 2. The van der Waals surface area contributed by atoms with Crippen LogP contribution in [0.4, 0.5) is 0 Å². The number of rotatable bonds is 5. The number of aryl methyl sites for hydroxylation is 1. The molecule has 0 aliphatic carbocycles. The first-order chi connectivity index (χ1) is 5.86. The van der Waals surface area contributed by atoms with Crippen LogP contribution in [0.1, 0.15) is 36.9 Å². The molecule has 1 nitrogen and oxygen atoms in total. The van der Waals surface area contributed by atoms with E-state index >= 15 is 0 Å². The maximum absolute atomic E-state index is 5.65. The summed E-state index contributed by atoms with van der Waals surface area (Å²) in [4.78, 5) is 4.39. The third-order valence-electron chi connectivity index (χ3n) is 1.73. The van der Waals surface area contributed by atoms with Gasteiger partial charge in [-0.3, -0.25) is 0 Å². The first-order valence-electron chi connectivity index (χ1n) is 4.36. The maximum atomic E-state index is 5.65. The van der Waals surface area contributed by atoms with E-state index in [9.17, 15) is 0 Å². The van der Waals surface area contributed by atoms with Gasteiger partial charge in [-0.15, -0.1) is 35.3 Å². The van der Waals surface area contributed by atoms with E-state index < -0.39 is 0 Å². The van der Waals surface area contributed by atoms with Crippen LogP contribution >= 0.6 is 35.3 Å². The zero-order chi connectivity index (χ0) is 8.81. The van der Waals surface area contributed by atoms with Gasteiger partial charge < -0.3 is 0 Å². The fourth-order valence-electron chi connectivity index (χ4n) is 1.05. The standard InChI is InChI=1S/C9H14ClNS.ClH/c1-2-3-4-5-9-11-8(6-10)7-12-9;/h7H,2-6H2,1H3;1H. The number of aromatic nitrogens is 1. The van der Waals surface area contributed by atoms with Crippen LogP contribution in [0, 0.1) is 0 Å². The molecule has 0 atom stereocenters. The van der Waals surface area contributed by atoms with E-state index in [4.69, 9.17) is 11.6 Å². The minimum atomic E-state index is 0. The van der Waals surface area contributed by atoms with E-state index in [2.05, 4.69) is 11.9 Å². The summed E-state index contributed by atoms with van der Waals surface area (Å²) < 4.78 is 0. The van der Waals surface area contributed by atoms with Crippen molar-refractivity contribution in [3.63, 3.8) is 0 Å². The van der Waals surface area contributed by atoms with Crippen molar-refractivity contribution in [2.45, 2.75) is 38.5 Å². The van der Waals surface area contributed by atoms with Gasteiger partial charge in [-0.1, -0.05) is 19.8 Å². The lowest BCUT2D eigenvalue weighted by atomic mass is 10.2. The van der Waals surface area contributed by atoms with E-state index in [1.54, 1.807) is 11.3 Å². The van der Waals surface area contributed by atoms with Crippen molar-refractivity contribution in [2.75, 3.05) is 0 Å². The summed E-state index contributed by atoms with van der Waals surface area (Å²) in [5.74, 6) is 0.546. The lowest BCUT2D eigenvalue weighted by molar-refractivity contribution is 0.714. The SMILES string of the molecule is CCCCCc1nc(CCl)cs1.Cl. The lowest BCUT2D eigenvalue weighted by Crippen LogP contribution is -1.85. The fraction of sp³-hybridized carbons (Fsp3) is 0.667. The topological polar surface area (TPSA) is 12.9 Å². The smallest absolute Gasteiger partial charge is 0.0928 e. The number of alkyl halides is 1. The predicted octanol–water partition coefficient (Wildman–Crippen LogP) is 4.04. The van der Waals surface area contributed by atoms with Gasteiger partial charge in [0.2, 0.25) is 0 Å². The Morgan fingerprint density at radius 3 is 2.77 bits per heavy atom. The molecule has 1 aromatic rings. The quantitative estimate of drug-likeness (QED) is 0.559. The van der Waals surface area contributed by atoms with Crippen LogP contribution in [0.15, 0.2) is 5.38 Å². The molecule has 0 aliphatic heterocycles. The van der Waals surface area contributed by atoms with Crippen LogP contribution in [0.5, 0.6) is 0 Å². The third kappa shape index (κ3) is 4.84. The summed E-state index contributed by atoms with van der Waals surface area (Å²) >= 11 is 7.37. The second-order valence-corrected chi connectivity index (χ2v) is 4.03. The van der Waals surface area contributed by atoms with Crippen molar-refractivity contribution in [1.29, 1.82) is 0 Å². The molecular formula is C9H15Cl2NS. The minimum absolute atomic E-state index is 0. The van der Waals surface area contributed by atoms with Gasteiger partial charge in [-0.2, -0.15) is 0 Å². The largest absolute Gasteiger partial charge is 0.245 e. The summed E-state index contributed by atoms with van der Waals surface area (Å²) in [6.07, 6.45) is 4.95. The van der Waals surface area contributed by atoms with E-state index in [0.29, 0.717) is 5.88 Å². The highest BCUT2D eigenvalue weighted by Gasteiger charge is 1.99. The Hall–Kier alpha value is 0.210. The van der Waals surface area contributed by atoms with Crippen molar-refractivity contribution in [1.82, 2.24) is 4.98 Å². The molecule has 0 unspecified atom stereocenters. The van der Waals surface area contributed by atoms with Gasteiger partial charge in [0.15, 0.2) is 0 Å². The zero-order valence-electron chi connectivity index (χ0n) is 7.75. The van der Waals surface area contributed by atoms with Crippen LogP contribution in [0.3, 0.4) is 0 Å². The van der Waals surface area contributed by atoms with Gasteiger partial charge in [0, 0.05) is 5.38 Å². The van der Waals surface area contributed by atoms with E-state index in [1.807, 2.05) is 5.38 Å². The Kier molecular flexibility index (Phi) is 7.72. The normalized spacial score (nSPS) is 9.69. The molecular weight excluding hydrogens is 225 g/mol. The highest BCUT2D eigenvalue weighted by Crippen LogP contribution is 2.14. The Bertz CT molecular complexity index is 225. The van der Waals surface area contributed by atoms with Crippen molar-refractivity contribution < 1.29 is 0 Å². The van der Waals surface area contributed by atoms with E-state index in [1.165, 1.54) is 24.3 Å². The summed E-state index contributed by atoms with van der Waals surface area (Å²) in [5, 5.41) is 3.29. The monoisotopic (exact) mass is 239 g/mol. The molecule has 1 rings (SSSR count). The molecule has 1 aromatic heterocycles. The Labute approximate surface area is 94.9 Å². The summed E-state index contributed by atoms with van der Waals surface area (Å²) in [5.41, 5.74) is 1.02. The molecule has 0 saturated carbocycles. The van der Waals surface area contributed by atoms with Gasteiger partial charge in [0.05, 0.1) is 16.6 Å². The number of hydrogen-bond acceptors (Lipinski definition) is 2. The molecule has 0 N–H and O–H groups in total. The predicted molar refractivity (Wildman–Crippen MR) is 62.1 cm³/mol. The Morgan fingerprint density at radius 1 is 1.46 bits per heavy atom. The maximum Gasteiger partial charge on any atom is 0.0928 e. The van der Waals surface area contributed by atoms with Crippen LogP contribution in [0.2, 0.25) is 0 Å². The number of nitrogens with zero attached hydrogens (tertiary/aromatic N) is 1. The van der Waals surface area contributed by atoms with Gasteiger partial charge in [-0.05, 0) is 12.8 Å². The molecule has 76 valence electrons. The molecule has 13 heavy (non-hydrogen) atoms. The average Bonchev–Trinajstić information content (AvgIpc) is 2.53. The minimum Gasteiger partial charge on any atom is -0.245 e. The zero-order valence-corrected chi connectivity index (χ0v) is 10.1. The van der Waals surface area contributed by atoms with Crippen molar-refractivity contribution >= 4 is 35.3 Å². The lowest BCUT2D eigenvalue weighted by Gasteiger charge is -1.93. The van der Waals surface area contributed by atoms with Gasteiger partial charge in [-0.25, -0.2) is 4.98 Å². The molecule has 0 saturated heterocycles. The van der Waals surface area contributed by atoms with Crippen LogP contribution in [-0.2, 0) is 12.3 Å². The molecule has 0 amide bonds. The van der Waals surface area contributed by atoms with Crippen LogP contribution in [0.25, 0.3) is 0 Å². The van der Waals surface area contributed by atoms with E-state index in [0.717, 1.165) is 12.1 Å². The second-order valence-electron chi connectivity index (χ2n) is 2.82. The number of thiazole rings is 1. The molecule has 1 heterocycles. The average molecular weight is 240 g/mol. The van der Waals surface area contributed by atoms with Gasteiger partial charge in [0.25, 0.3) is 0 Å². The molecule has 0 radical (unpaired) electrons. The fourth-order valence-corrected chi connectivity index (χ4v) is 2.12. The van der Waals surface area contributed by atoms with Crippen LogP contribution < -0.4 is 0 Å². The summed E-state index contributed by atoms with van der Waals surface area (Å²) in [6, 6.07) is 0. The Balaban J connectivity index is 0.00000144. The van der Waals surface area contributed by atoms with Crippen LogP contribution in [-0.4, -0.2) is 4.98 Å². The van der Waals surface area contributed by atoms with Crippen molar-refractivity contribution in [3.05, 3.63) is 16.1 Å². The first-order valence-corrected chi connectivity index (χ1v) is 5.77. The highest BCUT2D eigenvalue weighted by atomic mass is 35.5. The molecule has 0 aliphatic rings. The Morgan fingerprint density at radius 2 is 2.23 bits per heavy atom. The summed E-state index contributed by atoms with van der Waals surface area (Å²) in [7, 11) is 0. The molecule has 0 bridgehead atoms. The van der Waals surface area contributed by atoms with Gasteiger partial charge >= 0.3 is 0 Å². The second kappa shape index (κ2) is 7.60. The molecule has 4 heteroatoms.